The van der Waals surface area contributed by atoms with E-state index in [1.54, 1.807) is 6.92 Å². The third-order valence-electron chi connectivity index (χ3n) is 7.08. The van der Waals surface area contributed by atoms with E-state index in [1.807, 2.05) is 18.2 Å². The summed E-state index contributed by atoms with van der Waals surface area (Å²) in [6.45, 7) is 4.71. The molecule has 2 heterocycles. The standard InChI is InChI=1S/C25H28N2O2/c1-16(28)17-6-9-23-22(14-17)25-18(5-7-20-21(25)8-10-24(20)29)15-27(23)13-11-19-4-3-12-26(19)2/h5-7,9,14,19H,3-4,8,10-13,15H2,1-2H3. The minimum Gasteiger partial charge on any atom is -0.367 e. The van der Waals surface area contributed by atoms with Crippen molar-refractivity contribution in [3.63, 3.8) is 0 Å². The van der Waals surface area contributed by atoms with Crippen LogP contribution in [-0.2, 0) is 13.0 Å². The highest BCUT2D eigenvalue weighted by atomic mass is 16.1. The second kappa shape index (κ2) is 7.10. The van der Waals surface area contributed by atoms with Crippen LogP contribution in [-0.4, -0.2) is 42.6 Å². The molecule has 0 amide bonds. The highest BCUT2D eigenvalue weighted by molar-refractivity contribution is 6.05. The molecule has 5 rings (SSSR count). The fourth-order valence-corrected chi connectivity index (χ4v) is 5.43. The van der Waals surface area contributed by atoms with Crippen molar-refractivity contribution in [2.45, 2.75) is 51.6 Å². The third-order valence-corrected chi connectivity index (χ3v) is 7.08. The Morgan fingerprint density at radius 2 is 2.00 bits per heavy atom. The van der Waals surface area contributed by atoms with E-state index in [9.17, 15) is 9.59 Å². The number of rotatable bonds is 4. The summed E-state index contributed by atoms with van der Waals surface area (Å²) >= 11 is 0. The molecule has 4 nitrogen and oxygen atoms in total. The van der Waals surface area contributed by atoms with E-state index in [0.717, 1.165) is 42.6 Å². The van der Waals surface area contributed by atoms with Gasteiger partial charge in [0, 0.05) is 47.9 Å². The molecule has 0 saturated carbocycles. The van der Waals surface area contributed by atoms with Gasteiger partial charge in [0.1, 0.15) is 0 Å². The molecule has 0 radical (unpaired) electrons. The molecule has 1 aliphatic carbocycles. The second-order valence-corrected chi connectivity index (χ2v) is 8.82. The van der Waals surface area contributed by atoms with E-state index in [0.29, 0.717) is 12.5 Å². The maximum atomic E-state index is 12.3. The van der Waals surface area contributed by atoms with Crippen molar-refractivity contribution in [1.82, 2.24) is 4.90 Å². The summed E-state index contributed by atoms with van der Waals surface area (Å²) in [6, 6.07) is 10.9. The number of likely N-dealkylation sites (tertiary alicyclic amines) is 1. The lowest BCUT2D eigenvalue weighted by atomic mass is 9.86. The van der Waals surface area contributed by atoms with E-state index < -0.39 is 0 Å². The molecule has 2 aromatic carbocycles. The smallest absolute Gasteiger partial charge is 0.163 e. The lowest BCUT2D eigenvalue weighted by Gasteiger charge is -2.35. The zero-order chi connectivity index (χ0) is 20.1. The number of Topliss-reactive ketones (excluding diaryl/α,β-unsaturated/α-hetero) is 2. The quantitative estimate of drug-likeness (QED) is 0.724. The molecular weight excluding hydrogens is 360 g/mol. The molecule has 1 atom stereocenters. The van der Waals surface area contributed by atoms with Crippen LogP contribution >= 0.6 is 0 Å². The van der Waals surface area contributed by atoms with E-state index in [4.69, 9.17) is 0 Å². The third kappa shape index (κ3) is 3.10. The van der Waals surface area contributed by atoms with E-state index in [2.05, 4.69) is 29.0 Å². The van der Waals surface area contributed by atoms with Crippen LogP contribution < -0.4 is 4.90 Å². The molecule has 0 aromatic heterocycles. The van der Waals surface area contributed by atoms with Gasteiger partial charge in [0.05, 0.1) is 0 Å². The van der Waals surface area contributed by atoms with Crippen molar-refractivity contribution in [3.05, 3.63) is 52.6 Å². The summed E-state index contributed by atoms with van der Waals surface area (Å²) in [5, 5.41) is 0. The number of fused-ring (bicyclic) bond motifs is 5. The first-order valence-corrected chi connectivity index (χ1v) is 10.8. The maximum Gasteiger partial charge on any atom is 0.163 e. The number of hydrogen-bond acceptors (Lipinski definition) is 4. The topological polar surface area (TPSA) is 40.6 Å². The second-order valence-electron chi connectivity index (χ2n) is 8.82. The van der Waals surface area contributed by atoms with Crippen molar-refractivity contribution >= 4 is 17.3 Å². The molecule has 1 saturated heterocycles. The molecular formula is C25H28N2O2. The summed E-state index contributed by atoms with van der Waals surface area (Å²) in [6.07, 6.45) is 5.15. The van der Waals surface area contributed by atoms with E-state index in [1.165, 1.54) is 41.8 Å². The van der Waals surface area contributed by atoms with Gasteiger partial charge in [-0.25, -0.2) is 0 Å². The minimum atomic E-state index is 0.0858. The van der Waals surface area contributed by atoms with Gasteiger partial charge in [0.2, 0.25) is 0 Å². The molecule has 0 spiro atoms. The highest BCUT2D eigenvalue weighted by Crippen LogP contribution is 2.44. The van der Waals surface area contributed by atoms with Gasteiger partial charge in [-0.1, -0.05) is 12.1 Å². The first-order chi connectivity index (χ1) is 14.0. The highest BCUT2D eigenvalue weighted by Gasteiger charge is 2.31. The molecule has 29 heavy (non-hydrogen) atoms. The minimum absolute atomic E-state index is 0.0858. The Morgan fingerprint density at radius 3 is 2.76 bits per heavy atom. The number of carbonyl (C=O) groups excluding carboxylic acids is 2. The van der Waals surface area contributed by atoms with Gasteiger partial charge >= 0.3 is 0 Å². The average molecular weight is 389 g/mol. The molecule has 4 heteroatoms. The first kappa shape index (κ1) is 18.6. The van der Waals surface area contributed by atoms with Crippen LogP contribution in [0, 0.1) is 0 Å². The Morgan fingerprint density at radius 1 is 1.14 bits per heavy atom. The van der Waals surface area contributed by atoms with Crippen molar-refractivity contribution in [2.75, 3.05) is 25.0 Å². The number of nitrogens with zero attached hydrogens (tertiary/aromatic N) is 2. The van der Waals surface area contributed by atoms with Gasteiger partial charge in [0.15, 0.2) is 11.6 Å². The molecule has 2 aromatic rings. The average Bonchev–Trinajstić information content (AvgIpc) is 3.30. The van der Waals surface area contributed by atoms with E-state index >= 15 is 0 Å². The molecule has 3 aliphatic rings. The van der Waals surface area contributed by atoms with E-state index in [-0.39, 0.29) is 11.6 Å². The van der Waals surface area contributed by atoms with Crippen molar-refractivity contribution in [1.29, 1.82) is 0 Å². The van der Waals surface area contributed by atoms with Crippen LogP contribution in [0.5, 0.6) is 0 Å². The van der Waals surface area contributed by atoms with Crippen LogP contribution in [0.1, 0.15) is 64.4 Å². The normalized spacial score (nSPS) is 20.6. The summed E-state index contributed by atoms with van der Waals surface area (Å²) in [5.74, 6) is 0.335. The Hall–Kier alpha value is -2.46. The van der Waals surface area contributed by atoms with Gasteiger partial charge in [-0.2, -0.15) is 0 Å². The number of anilines is 1. The van der Waals surface area contributed by atoms with Crippen LogP contribution in [0.4, 0.5) is 5.69 Å². The fraction of sp³-hybridized carbons (Fsp3) is 0.440. The Labute approximate surface area is 172 Å². The number of hydrogen-bond donors (Lipinski definition) is 0. The zero-order valence-electron chi connectivity index (χ0n) is 17.3. The molecule has 0 N–H and O–H groups in total. The van der Waals surface area contributed by atoms with Crippen LogP contribution in [0.15, 0.2) is 30.3 Å². The van der Waals surface area contributed by atoms with Crippen LogP contribution in [0.2, 0.25) is 0 Å². The number of ketones is 2. The summed E-state index contributed by atoms with van der Waals surface area (Å²) in [5.41, 5.74) is 7.64. The summed E-state index contributed by atoms with van der Waals surface area (Å²) in [4.78, 5) is 29.3. The van der Waals surface area contributed by atoms with Crippen LogP contribution in [0.3, 0.4) is 0 Å². The van der Waals surface area contributed by atoms with Crippen molar-refractivity contribution in [3.8, 4) is 11.1 Å². The molecule has 2 aliphatic heterocycles. The lowest BCUT2D eigenvalue weighted by Crippen LogP contribution is -2.33. The Balaban J connectivity index is 1.56. The zero-order valence-corrected chi connectivity index (χ0v) is 17.3. The Kier molecular flexibility index (Phi) is 4.54. The largest absolute Gasteiger partial charge is 0.367 e. The van der Waals surface area contributed by atoms with Crippen molar-refractivity contribution in [2.24, 2.45) is 0 Å². The predicted octanol–water partition coefficient (Wildman–Crippen LogP) is 4.49. The number of carbonyl (C=O) groups is 2. The van der Waals surface area contributed by atoms with Gasteiger partial charge in [-0.3, -0.25) is 9.59 Å². The molecule has 150 valence electrons. The first-order valence-electron chi connectivity index (χ1n) is 10.8. The molecule has 1 fully saturated rings. The lowest BCUT2D eigenvalue weighted by molar-refractivity contribution is 0.0991. The summed E-state index contributed by atoms with van der Waals surface area (Å²) in [7, 11) is 2.23. The predicted molar refractivity (Wildman–Crippen MR) is 116 cm³/mol. The van der Waals surface area contributed by atoms with Crippen LogP contribution in [0.25, 0.3) is 11.1 Å². The molecule has 1 unspecified atom stereocenters. The fourth-order valence-electron chi connectivity index (χ4n) is 5.43. The maximum absolute atomic E-state index is 12.3. The Bertz CT molecular complexity index is 1010. The van der Waals surface area contributed by atoms with Crippen molar-refractivity contribution < 1.29 is 9.59 Å². The number of benzene rings is 2. The molecule has 0 bridgehead atoms. The van der Waals surface area contributed by atoms with Gasteiger partial charge in [-0.05, 0) is 81.1 Å². The SMILES string of the molecule is CC(=O)c1ccc2c(c1)-c1c(ccc3c1CCC3=O)CN2CCC1CCCN1C. The van der Waals surface area contributed by atoms with Gasteiger partial charge in [0.25, 0.3) is 0 Å². The summed E-state index contributed by atoms with van der Waals surface area (Å²) < 4.78 is 0. The van der Waals surface area contributed by atoms with Gasteiger partial charge < -0.3 is 9.80 Å². The van der Waals surface area contributed by atoms with Gasteiger partial charge in [-0.15, -0.1) is 0 Å². The monoisotopic (exact) mass is 388 g/mol.